The molecule has 1 rings (SSSR count). The summed E-state index contributed by atoms with van der Waals surface area (Å²) in [5.74, 6) is 0. The Labute approximate surface area is 115 Å². The van der Waals surface area contributed by atoms with Crippen LogP contribution >= 0.6 is 0 Å². The number of carbonyl (C=O) groups is 1. The maximum atomic E-state index is 11.5. The van der Waals surface area contributed by atoms with Crippen molar-refractivity contribution in [3.8, 4) is 0 Å². The van der Waals surface area contributed by atoms with Crippen LogP contribution in [0.5, 0.6) is 0 Å². The summed E-state index contributed by atoms with van der Waals surface area (Å²) in [7, 11) is 0. The molecule has 1 heterocycles. The van der Waals surface area contributed by atoms with Crippen LogP contribution in [0.15, 0.2) is 21.7 Å². The lowest BCUT2D eigenvalue weighted by atomic mass is 10.1. The minimum atomic E-state index is -0.927. The third-order valence-electron chi connectivity index (χ3n) is 3.83. The van der Waals surface area contributed by atoms with Crippen molar-refractivity contribution in [2.45, 2.75) is 65.7 Å². The molecule has 108 valence electrons. The van der Waals surface area contributed by atoms with Gasteiger partial charge in [-0.2, -0.15) is 4.79 Å². The summed E-state index contributed by atoms with van der Waals surface area (Å²) in [6.45, 7) is 6.34. The van der Waals surface area contributed by atoms with Gasteiger partial charge in [0, 0.05) is 18.6 Å². The van der Waals surface area contributed by atoms with Crippen molar-refractivity contribution < 1.29 is 14.5 Å². The van der Waals surface area contributed by atoms with Crippen LogP contribution in [0.25, 0.3) is 0 Å². The second-order valence-corrected chi connectivity index (χ2v) is 5.26. The smallest absolute Gasteiger partial charge is 0.433 e. The third kappa shape index (κ3) is 3.86. The standard InChI is InChI=1S/C14H25N3O2/c1-4-5-6-7-8-9-10-11-17(14(18)19)13(3)12(2)15-16-17/h4-11H2,1-3H3/p+1. The van der Waals surface area contributed by atoms with Crippen molar-refractivity contribution >= 4 is 6.09 Å². The van der Waals surface area contributed by atoms with Gasteiger partial charge < -0.3 is 5.11 Å². The summed E-state index contributed by atoms with van der Waals surface area (Å²) in [5, 5.41) is 17.3. The molecule has 19 heavy (non-hydrogen) atoms. The van der Waals surface area contributed by atoms with Gasteiger partial charge in [0.15, 0.2) is 5.70 Å². The average molecular weight is 268 g/mol. The number of allylic oxidation sites excluding steroid dienone is 2. The second kappa shape index (κ2) is 7.38. The summed E-state index contributed by atoms with van der Waals surface area (Å²) in [6.07, 6.45) is 7.28. The van der Waals surface area contributed by atoms with E-state index in [1.807, 2.05) is 13.8 Å². The van der Waals surface area contributed by atoms with Gasteiger partial charge in [-0.15, -0.1) is 0 Å². The maximum absolute atomic E-state index is 11.5. The van der Waals surface area contributed by atoms with E-state index in [0.29, 0.717) is 6.54 Å². The molecule has 5 heteroatoms. The summed E-state index contributed by atoms with van der Waals surface area (Å²) in [6, 6.07) is 0. The second-order valence-electron chi connectivity index (χ2n) is 5.26. The van der Waals surface area contributed by atoms with Gasteiger partial charge in [0.25, 0.3) is 0 Å². The number of nitrogens with zero attached hydrogens (tertiary/aromatic N) is 3. The molecule has 0 aromatic carbocycles. The van der Waals surface area contributed by atoms with E-state index in [-0.39, 0.29) is 4.59 Å². The van der Waals surface area contributed by atoms with Crippen molar-refractivity contribution in [3.05, 3.63) is 11.4 Å². The number of rotatable bonds is 8. The van der Waals surface area contributed by atoms with Gasteiger partial charge in [-0.3, -0.25) is 0 Å². The molecule has 1 amide bonds. The summed E-state index contributed by atoms with van der Waals surface area (Å²) in [5.41, 5.74) is 1.46. The number of hydrogen-bond donors (Lipinski definition) is 1. The topological polar surface area (TPSA) is 62.0 Å². The molecular formula is C14H26N3O2+. The maximum Gasteiger partial charge on any atom is 0.547 e. The summed E-state index contributed by atoms with van der Waals surface area (Å²) < 4.78 is -0.346. The van der Waals surface area contributed by atoms with Crippen LogP contribution in [0, 0.1) is 0 Å². The largest absolute Gasteiger partial charge is 0.547 e. The highest BCUT2D eigenvalue weighted by Crippen LogP contribution is 2.30. The van der Waals surface area contributed by atoms with Crippen LogP contribution < -0.4 is 0 Å². The van der Waals surface area contributed by atoms with Crippen molar-refractivity contribution in [1.29, 1.82) is 0 Å². The van der Waals surface area contributed by atoms with Crippen LogP contribution in [0.2, 0.25) is 0 Å². The molecule has 0 fully saturated rings. The quantitative estimate of drug-likeness (QED) is 0.504. The number of carboxylic acid groups (broad SMARTS) is 1. The number of quaternary nitrogens is 1. The van der Waals surface area contributed by atoms with Crippen LogP contribution in [-0.2, 0) is 0 Å². The number of unbranched alkanes of at least 4 members (excludes halogenated alkanes) is 6. The Balaban J connectivity index is 2.38. The van der Waals surface area contributed by atoms with E-state index < -0.39 is 6.09 Å². The lowest BCUT2D eigenvalue weighted by molar-refractivity contribution is -0.827. The Bertz CT molecular complexity index is 377. The van der Waals surface area contributed by atoms with Gasteiger partial charge in [0.2, 0.25) is 0 Å². The van der Waals surface area contributed by atoms with Gasteiger partial charge in [-0.05, 0) is 17.9 Å². The van der Waals surface area contributed by atoms with E-state index >= 15 is 0 Å². The van der Waals surface area contributed by atoms with E-state index in [2.05, 4.69) is 17.3 Å². The predicted molar refractivity (Wildman–Crippen MR) is 74.4 cm³/mol. The van der Waals surface area contributed by atoms with Crippen LogP contribution in [0.4, 0.5) is 4.79 Å². The highest BCUT2D eigenvalue weighted by atomic mass is 16.4. The van der Waals surface area contributed by atoms with Gasteiger partial charge in [0.1, 0.15) is 12.2 Å². The van der Waals surface area contributed by atoms with Gasteiger partial charge in [-0.25, -0.2) is 0 Å². The average Bonchev–Trinajstić information content (AvgIpc) is 2.67. The van der Waals surface area contributed by atoms with E-state index in [1.54, 1.807) is 0 Å². The molecule has 0 aliphatic carbocycles. The third-order valence-corrected chi connectivity index (χ3v) is 3.83. The highest BCUT2D eigenvalue weighted by molar-refractivity contribution is 5.58. The van der Waals surface area contributed by atoms with E-state index in [1.165, 1.54) is 32.1 Å². The first kappa shape index (κ1) is 15.8. The SMILES string of the molecule is CCCCCCCCC[N+]1(C(=O)O)N=NC(C)=C1C. The molecule has 0 bridgehead atoms. The predicted octanol–water partition coefficient (Wildman–Crippen LogP) is 4.86. The molecule has 1 aliphatic rings. The fourth-order valence-corrected chi connectivity index (χ4v) is 2.34. The Morgan fingerprint density at radius 2 is 1.68 bits per heavy atom. The monoisotopic (exact) mass is 268 g/mol. The minimum absolute atomic E-state index is 0.346. The molecule has 5 nitrogen and oxygen atoms in total. The first-order chi connectivity index (χ1) is 9.04. The van der Waals surface area contributed by atoms with E-state index in [4.69, 9.17) is 0 Å². The number of amides is 1. The molecule has 1 N–H and O–H groups in total. The van der Waals surface area contributed by atoms with Gasteiger partial charge in [0.05, 0.1) is 0 Å². The Kier molecular flexibility index (Phi) is 6.15. The normalized spacial score (nSPS) is 22.3. The minimum Gasteiger partial charge on any atom is -0.433 e. The van der Waals surface area contributed by atoms with E-state index in [9.17, 15) is 9.90 Å². The van der Waals surface area contributed by atoms with Gasteiger partial charge in [-0.1, -0.05) is 44.1 Å². The summed E-state index contributed by atoms with van der Waals surface area (Å²) >= 11 is 0. The first-order valence-corrected chi connectivity index (χ1v) is 7.27. The van der Waals surface area contributed by atoms with Crippen LogP contribution in [-0.4, -0.2) is 22.3 Å². The molecule has 0 saturated carbocycles. The lowest BCUT2D eigenvalue weighted by Crippen LogP contribution is -2.44. The zero-order valence-electron chi connectivity index (χ0n) is 12.4. The van der Waals surface area contributed by atoms with Crippen molar-refractivity contribution in [1.82, 2.24) is 0 Å². The fraction of sp³-hybridized carbons (Fsp3) is 0.786. The molecule has 0 saturated heterocycles. The van der Waals surface area contributed by atoms with Crippen molar-refractivity contribution in [2.24, 2.45) is 10.3 Å². The molecule has 0 radical (unpaired) electrons. The highest BCUT2D eigenvalue weighted by Gasteiger charge is 2.45. The Morgan fingerprint density at radius 1 is 1.11 bits per heavy atom. The van der Waals surface area contributed by atoms with Crippen molar-refractivity contribution in [3.63, 3.8) is 0 Å². The van der Waals surface area contributed by atoms with E-state index in [0.717, 1.165) is 24.2 Å². The van der Waals surface area contributed by atoms with Crippen LogP contribution in [0.1, 0.15) is 65.7 Å². The van der Waals surface area contributed by atoms with Crippen molar-refractivity contribution in [2.75, 3.05) is 6.54 Å². The first-order valence-electron chi connectivity index (χ1n) is 7.27. The molecular weight excluding hydrogens is 242 g/mol. The lowest BCUT2D eigenvalue weighted by Gasteiger charge is -2.21. The Morgan fingerprint density at radius 3 is 2.16 bits per heavy atom. The molecule has 0 aromatic heterocycles. The molecule has 0 spiro atoms. The fourth-order valence-electron chi connectivity index (χ4n) is 2.34. The Hall–Kier alpha value is -1.23. The molecule has 0 aromatic rings. The zero-order chi connectivity index (χ0) is 14.3. The van der Waals surface area contributed by atoms with Gasteiger partial charge >= 0.3 is 6.09 Å². The molecule has 1 aliphatic heterocycles. The summed E-state index contributed by atoms with van der Waals surface area (Å²) in [4.78, 5) is 11.5. The molecule has 1 unspecified atom stereocenters. The zero-order valence-corrected chi connectivity index (χ0v) is 12.4. The van der Waals surface area contributed by atoms with Crippen LogP contribution in [0.3, 0.4) is 0 Å². The number of hydrogen-bond acceptors (Lipinski definition) is 3. The molecule has 1 atom stereocenters.